The minimum Gasteiger partial charge on any atom is -1.00 e. The van der Waals surface area contributed by atoms with Crippen LogP contribution in [0.5, 0.6) is 0 Å². The first-order chi connectivity index (χ1) is 18.9. The second-order valence-electron chi connectivity index (χ2n) is 9.07. The molecule has 0 spiro atoms. The maximum Gasteiger partial charge on any atom is 0.310 e. The summed E-state index contributed by atoms with van der Waals surface area (Å²) in [4.78, 5) is 27.2. The number of fused-ring (bicyclic) bond motifs is 1. The van der Waals surface area contributed by atoms with Crippen molar-refractivity contribution in [2.45, 2.75) is 30.2 Å². The summed E-state index contributed by atoms with van der Waals surface area (Å²) in [6.07, 6.45) is 4.00. The van der Waals surface area contributed by atoms with Crippen molar-refractivity contribution in [3.8, 4) is 5.69 Å². The number of carbonyl (C=O) groups is 2. The van der Waals surface area contributed by atoms with E-state index in [2.05, 4.69) is 52.3 Å². The lowest BCUT2D eigenvalue weighted by Gasteiger charge is -2.07. The number of hydrogen-bond donors (Lipinski definition) is 0. The van der Waals surface area contributed by atoms with Crippen LogP contribution in [-0.4, -0.2) is 18.4 Å². The van der Waals surface area contributed by atoms with Crippen LogP contribution < -0.4 is 28.5 Å². The Labute approximate surface area is 267 Å². The molecule has 0 saturated heterocycles. The van der Waals surface area contributed by atoms with E-state index in [0.29, 0.717) is 16.0 Å². The summed E-state index contributed by atoms with van der Waals surface area (Å²) in [7, 11) is 0. The first-order valence-corrected chi connectivity index (χ1v) is 15.2. The van der Waals surface area contributed by atoms with E-state index in [9.17, 15) is 9.59 Å². The van der Waals surface area contributed by atoms with E-state index in [-0.39, 0.29) is 48.8 Å². The van der Waals surface area contributed by atoms with Gasteiger partial charge in [0.25, 0.3) is 0 Å². The van der Waals surface area contributed by atoms with Crippen molar-refractivity contribution in [3.05, 3.63) is 123 Å². The minimum atomic E-state index is -0.347. The van der Waals surface area contributed by atoms with Gasteiger partial charge in [-0.3, -0.25) is 9.59 Å². The van der Waals surface area contributed by atoms with Gasteiger partial charge in [-0.05, 0) is 60.0 Å². The number of aromatic nitrogens is 1. The molecule has 0 unspecified atom stereocenters. The van der Waals surface area contributed by atoms with E-state index in [4.69, 9.17) is 4.74 Å². The van der Waals surface area contributed by atoms with Crippen LogP contribution in [0.4, 0.5) is 0 Å². The number of esters is 1. The summed E-state index contributed by atoms with van der Waals surface area (Å²) in [5.41, 5.74) is 4.48. The maximum atomic E-state index is 13.8. The highest BCUT2D eigenvalue weighted by Gasteiger charge is 2.31. The Balaban J connectivity index is 0.00000370. The standard InChI is InChI=1S/C32H27BrNO3S2.HI/c1-3-37-28(35)19-27-29(34-17-15-21(2)16-18-34)32(39-31(27)30(36)23-11-13-25(33)14-12-23)38-20-24-9-6-8-22-7-4-5-10-26(22)24;/h4-18H,3,19-20H2,1-2H3;1H/q+1;/p-1. The number of benzene rings is 3. The zero-order chi connectivity index (χ0) is 27.4. The van der Waals surface area contributed by atoms with E-state index in [1.54, 1.807) is 18.7 Å². The van der Waals surface area contributed by atoms with E-state index < -0.39 is 0 Å². The molecule has 5 rings (SSSR count). The quantitative estimate of drug-likeness (QED) is 0.0711. The average Bonchev–Trinajstić information content (AvgIpc) is 3.30. The normalized spacial score (nSPS) is 10.8. The summed E-state index contributed by atoms with van der Waals surface area (Å²) >= 11 is 6.59. The minimum absolute atomic E-state index is 0. The number of hydrogen-bond acceptors (Lipinski definition) is 5. The van der Waals surface area contributed by atoms with Gasteiger partial charge in [-0.2, -0.15) is 4.57 Å². The Bertz CT molecular complexity index is 1640. The predicted molar refractivity (Wildman–Crippen MR) is 162 cm³/mol. The number of thiophene rings is 1. The molecule has 3 aromatic carbocycles. The van der Waals surface area contributed by atoms with Crippen molar-refractivity contribution in [3.63, 3.8) is 0 Å². The molecule has 0 aliphatic heterocycles. The van der Waals surface area contributed by atoms with Crippen LogP contribution in [0.15, 0.2) is 99.9 Å². The monoisotopic (exact) mass is 743 g/mol. The van der Waals surface area contributed by atoms with Gasteiger partial charge in [0, 0.05) is 27.9 Å². The molecular weight excluding hydrogens is 717 g/mol. The van der Waals surface area contributed by atoms with Crippen LogP contribution in [0, 0.1) is 6.92 Å². The molecule has 0 N–H and O–H groups in total. The largest absolute Gasteiger partial charge is 1.00 e. The molecule has 0 aliphatic rings. The Hall–Kier alpha value is -2.53. The lowest BCUT2D eigenvalue weighted by molar-refractivity contribution is -0.598. The third-order valence-corrected chi connectivity index (χ3v) is 9.44. The van der Waals surface area contributed by atoms with Gasteiger partial charge in [-0.25, -0.2) is 0 Å². The van der Waals surface area contributed by atoms with Gasteiger partial charge < -0.3 is 28.7 Å². The van der Waals surface area contributed by atoms with E-state index >= 15 is 0 Å². The molecule has 0 atom stereocenters. The van der Waals surface area contributed by atoms with Crippen molar-refractivity contribution >= 4 is 61.6 Å². The van der Waals surface area contributed by atoms with Crippen molar-refractivity contribution < 1.29 is 42.9 Å². The Morgan fingerprint density at radius 3 is 2.38 bits per heavy atom. The third kappa shape index (κ3) is 6.84. The summed E-state index contributed by atoms with van der Waals surface area (Å²) in [5.74, 6) is 0.281. The zero-order valence-corrected chi connectivity index (χ0v) is 27.4. The molecule has 0 radical (unpaired) electrons. The molecule has 8 heteroatoms. The van der Waals surface area contributed by atoms with Gasteiger partial charge in [0.05, 0.1) is 23.5 Å². The second-order valence-corrected chi connectivity index (χ2v) is 12.3. The third-order valence-electron chi connectivity index (χ3n) is 6.38. The number of ether oxygens (including phenoxy) is 1. The van der Waals surface area contributed by atoms with Crippen LogP contribution in [0.2, 0.25) is 0 Å². The number of pyridine rings is 1. The summed E-state index contributed by atoms with van der Waals surface area (Å²) < 4.78 is 9.23. The SMILES string of the molecule is CCOC(=O)Cc1c(C(=O)c2ccc(Br)cc2)sc(SCc2cccc3ccccc23)c1-[n+]1ccc(C)cc1.[I-]. The molecule has 0 bridgehead atoms. The second kappa shape index (κ2) is 13.9. The smallest absolute Gasteiger partial charge is 0.310 e. The highest BCUT2D eigenvalue weighted by atomic mass is 127. The molecule has 4 nitrogen and oxygen atoms in total. The fraction of sp³-hybridized carbons (Fsp3) is 0.156. The van der Waals surface area contributed by atoms with Gasteiger partial charge in [-0.15, -0.1) is 23.1 Å². The molecule has 204 valence electrons. The fourth-order valence-electron chi connectivity index (χ4n) is 4.44. The van der Waals surface area contributed by atoms with Crippen molar-refractivity contribution in [1.29, 1.82) is 0 Å². The highest BCUT2D eigenvalue weighted by Crippen LogP contribution is 2.40. The molecule has 5 aromatic rings. The number of thioether (sulfide) groups is 1. The predicted octanol–water partition coefficient (Wildman–Crippen LogP) is 4.88. The first kappa shape index (κ1) is 30.4. The summed E-state index contributed by atoms with van der Waals surface area (Å²) in [5, 5.41) is 2.41. The van der Waals surface area contributed by atoms with Gasteiger partial charge in [0.15, 0.2) is 12.4 Å². The van der Waals surface area contributed by atoms with Crippen LogP contribution in [0.1, 0.15) is 38.8 Å². The number of aryl methyl sites for hydroxylation is 1. The Morgan fingerprint density at radius 2 is 1.65 bits per heavy atom. The molecule has 40 heavy (non-hydrogen) atoms. The topological polar surface area (TPSA) is 47.3 Å². The lowest BCUT2D eigenvalue weighted by Crippen LogP contribution is -3.00. The first-order valence-electron chi connectivity index (χ1n) is 12.6. The van der Waals surface area contributed by atoms with Gasteiger partial charge in [-0.1, -0.05) is 58.4 Å². The summed E-state index contributed by atoms with van der Waals surface area (Å²) in [6.45, 7) is 4.12. The van der Waals surface area contributed by atoms with Crippen molar-refractivity contribution in [2.75, 3.05) is 6.61 Å². The number of carbonyl (C=O) groups excluding carboxylic acids is 2. The lowest BCUT2D eigenvalue weighted by atomic mass is 10.0. The van der Waals surface area contributed by atoms with E-state index in [1.165, 1.54) is 27.7 Å². The van der Waals surface area contributed by atoms with Crippen molar-refractivity contribution in [2.24, 2.45) is 0 Å². The highest BCUT2D eigenvalue weighted by molar-refractivity contribution is 9.10. The van der Waals surface area contributed by atoms with Crippen LogP contribution in [0.3, 0.4) is 0 Å². The molecule has 0 aliphatic carbocycles. The maximum absolute atomic E-state index is 13.8. The van der Waals surface area contributed by atoms with Gasteiger partial charge >= 0.3 is 5.97 Å². The molecule has 2 aromatic heterocycles. The number of ketones is 1. The van der Waals surface area contributed by atoms with Crippen LogP contribution in [0.25, 0.3) is 16.5 Å². The Morgan fingerprint density at radius 1 is 0.950 bits per heavy atom. The number of halogens is 2. The molecule has 2 heterocycles. The fourth-order valence-corrected chi connectivity index (χ4v) is 7.28. The van der Waals surface area contributed by atoms with Crippen LogP contribution in [-0.2, 0) is 21.7 Å². The average molecular weight is 745 g/mol. The van der Waals surface area contributed by atoms with Crippen LogP contribution >= 0.6 is 39.0 Å². The Kier molecular flexibility index (Phi) is 10.6. The molecular formula is C32H27BrINO3S2. The van der Waals surface area contributed by atoms with Gasteiger partial charge in [0.2, 0.25) is 11.5 Å². The molecule has 0 saturated carbocycles. The number of nitrogens with zero attached hydrogens (tertiary/aromatic N) is 1. The van der Waals surface area contributed by atoms with E-state index in [0.717, 1.165) is 25.7 Å². The van der Waals surface area contributed by atoms with Gasteiger partial charge in [0.1, 0.15) is 4.21 Å². The number of rotatable bonds is 9. The van der Waals surface area contributed by atoms with E-state index in [1.807, 2.05) is 66.3 Å². The van der Waals surface area contributed by atoms with Crippen molar-refractivity contribution in [1.82, 2.24) is 0 Å². The molecule has 0 amide bonds. The summed E-state index contributed by atoms with van der Waals surface area (Å²) in [6, 6.07) is 26.1. The zero-order valence-electron chi connectivity index (χ0n) is 22.0. The molecule has 0 fully saturated rings.